The minimum absolute atomic E-state index is 0.0775. The molecule has 0 spiro atoms. The van der Waals surface area contributed by atoms with Crippen LogP contribution in [0.4, 0.5) is 5.69 Å². The highest BCUT2D eigenvalue weighted by Gasteiger charge is 2.12. The molecule has 1 aromatic heterocycles. The number of nitrogens with zero attached hydrogens (tertiary/aromatic N) is 2. The molecule has 1 aromatic carbocycles. The number of nitrogens with one attached hydrogen (secondary N) is 1. The number of hydrogen-bond acceptors (Lipinski definition) is 3. The second-order valence-corrected chi connectivity index (χ2v) is 4.89. The van der Waals surface area contributed by atoms with E-state index in [1.54, 1.807) is 17.3 Å². The molecule has 0 aliphatic heterocycles. The summed E-state index contributed by atoms with van der Waals surface area (Å²) in [6.07, 6.45) is 3.66. The molecule has 0 radical (unpaired) electrons. The van der Waals surface area contributed by atoms with Crippen molar-refractivity contribution in [2.24, 2.45) is 0 Å². The number of amides is 2. The largest absolute Gasteiger partial charge is 0.352 e. The Hall–Kier alpha value is -2.69. The lowest BCUT2D eigenvalue weighted by Crippen LogP contribution is -2.33. The first kappa shape index (κ1) is 15.7. The number of aromatic nitrogens is 1. The van der Waals surface area contributed by atoms with E-state index in [1.807, 2.05) is 42.5 Å². The first-order valence-electron chi connectivity index (χ1n) is 7.15. The molecule has 0 atom stereocenters. The van der Waals surface area contributed by atoms with E-state index in [1.165, 1.54) is 6.92 Å². The molecule has 0 saturated heterocycles. The van der Waals surface area contributed by atoms with E-state index in [0.717, 1.165) is 11.3 Å². The summed E-state index contributed by atoms with van der Waals surface area (Å²) in [5.74, 6) is -0.169. The van der Waals surface area contributed by atoms with Gasteiger partial charge in [-0.2, -0.15) is 0 Å². The normalized spacial score (nSPS) is 10.0. The van der Waals surface area contributed by atoms with Crippen molar-refractivity contribution in [2.75, 3.05) is 11.4 Å². The molecule has 2 amide bonds. The van der Waals surface area contributed by atoms with Crippen LogP contribution in [0.5, 0.6) is 0 Å². The topological polar surface area (TPSA) is 62.3 Å². The van der Waals surface area contributed by atoms with Gasteiger partial charge in [0.25, 0.3) is 0 Å². The summed E-state index contributed by atoms with van der Waals surface area (Å²) in [6.45, 7) is 2.30. The first-order valence-corrected chi connectivity index (χ1v) is 7.15. The molecule has 2 rings (SSSR count). The van der Waals surface area contributed by atoms with E-state index >= 15 is 0 Å². The van der Waals surface area contributed by atoms with Gasteiger partial charge in [-0.1, -0.05) is 24.3 Å². The SMILES string of the molecule is CC(=O)N(CCC(=O)NCc1cccnc1)c1ccccc1. The Balaban J connectivity index is 1.85. The number of hydrogen-bond donors (Lipinski definition) is 1. The van der Waals surface area contributed by atoms with Gasteiger partial charge in [0, 0.05) is 44.5 Å². The average molecular weight is 297 g/mol. The predicted molar refractivity (Wildman–Crippen MR) is 85.2 cm³/mol. The number of carbonyl (C=O) groups excluding carboxylic acids is 2. The molecule has 0 aliphatic rings. The molecule has 5 nitrogen and oxygen atoms in total. The van der Waals surface area contributed by atoms with Crippen LogP contribution in [0, 0.1) is 0 Å². The fourth-order valence-electron chi connectivity index (χ4n) is 2.08. The van der Waals surface area contributed by atoms with Gasteiger partial charge in [-0.05, 0) is 23.8 Å². The molecule has 0 fully saturated rings. The maximum Gasteiger partial charge on any atom is 0.223 e. The molecule has 0 bridgehead atoms. The van der Waals surface area contributed by atoms with Crippen LogP contribution < -0.4 is 10.2 Å². The summed E-state index contributed by atoms with van der Waals surface area (Å²) in [4.78, 5) is 29.2. The molecule has 22 heavy (non-hydrogen) atoms. The highest BCUT2D eigenvalue weighted by molar-refractivity contribution is 5.92. The second kappa shape index (κ2) is 7.93. The van der Waals surface area contributed by atoms with Crippen LogP contribution in [-0.4, -0.2) is 23.3 Å². The van der Waals surface area contributed by atoms with Crippen LogP contribution in [0.2, 0.25) is 0 Å². The summed E-state index contributed by atoms with van der Waals surface area (Å²) in [7, 11) is 0. The van der Waals surface area contributed by atoms with Gasteiger partial charge in [-0.3, -0.25) is 14.6 Å². The maximum absolute atomic E-state index is 11.9. The molecule has 2 aromatic rings. The summed E-state index contributed by atoms with van der Waals surface area (Å²) < 4.78 is 0. The zero-order chi connectivity index (χ0) is 15.8. The quantitative estimate of drug-likeness (QED) is 0.888. The highest BCUT2D eigenvalue weighted by Crippen LogP contribution is 2.13. The maximum atomic E-state index is 11.9. The van der Waals surface area contributed by atoms with Crippen LogP contribution in [-0.2, 0) is 16.1 Å². The van der Waals surface area contributed by atoms with Gasteiger partial charge in [0.1, 0.15) is 0 Å². The highest BCUT2D eigenvalue weighted by atomic mass is 16.2. The average Bonchev–Trinajstić information content (AvgIpc) is 2.55. The van der Waals surface area contributed by atoms with Crippen molar-refractivity contribution in [1.29, 1.82) is 0 Å². The van der Waals surface area contributed by atoms with Crippen molar-refractivity contribution in [2.45, 2.75) is 19.9 Å². The smallest absolute Gasteiger partial charge is 0.223 e. The lowest BCUT2D eigenvalue weighted by atomic mass is 10.2. The Labute approximate surface area is 130 Å². The van der Waals surface area contributed by atoms with Gasteiger partial charge in [0.15, 0.2) is 0 Å². The fraction of sp³-hybridized carbons (Fsp3) is 0.235. The third-order valence-corrected chi connectivity index (χ3v) is 3.22. The Morgan fingerprint density at radius 1 is 1.14 bits per heavy atom. The third kappa shape index (κ3) is 4.70. The van der Waals surface area contributed by atoms with Crippen LogP contribution in [0.15, 0.2) is 54.9 Å². The van der Waals surface area contributed by atoms with Gasteiger partial charge in [-0.15, -0.1) is 0 Å². The van der Waals surface area contributed by atoms with Crippen molar-refractivity contribution in [3.05, 3.63) is 60.4 Å². The lowest BCUT2D eigenvalue weighted by molar-refractivity contribution is -0.121. The van der Waals surface area contributed by atoms with Crippen molar-refractivity contribution >= 4 is 17.5 Å². The molecule has 114 valence electrons. The van der Waals surface area contributed by atoms with Crippen molar-refractivity contribution in [3.63, 3.8) is 0 Å². The van der Waals surface area contributed by atoms with E-state index in [4.69, 9.17) is 0 Å². The molecule has 1 heterocycles. The number of benzene rings is 1. The van der Waals surface area contributed by atoms with E-state index < -0.39 is 0 Å². The Kier molecular flexibility index (Phi) is 5.65. The first-order chi connectivity index (χ1) is 10.7. The molecule has 1 N–H and O–H groups in total. The number of pyridine rings is 1. The van der Waals surface area contributed by atoms with E-state index in [-0.39, 0.29) is 18.2 Å². The van der Waals surface area contributed by atoms with Crippen molar-refractivity contribution in [3.8, 4) is 0 Å². The number of anilines is 1. The van der Waals surface area contributed by atoms with Gasteiger partial charge in [0.05, 0.1) is 0 Å². The number of carbonyl (C=O) groups is 2. The van der Waals surface area contributed by atoms with Crippen molar-refractivity contribution < 1.29 is 9.59 Å². The molecular weight excluding hydrogens is 278 g/mol. The summed E-state index contributed by atoms with van der Waals surface area (Å²) in [6, 6.07) is 13.1. The monoisotopic (exact) mass is 297 g/mol. The van der Waals surface area contributed by atoms with Gasteiger partial charge < -0.3 is 10.2 Å². The van der Waals surface area contributed by atoms with Crippen molar-refractivity contribution in [1.82, 2.24) is 10.3 Å². The summed E-state index contributed by atoms with van der Waals surface area (Å²) in [5.41, 5.74) is 1.75. The molecule has 0 unspecified atom stereocenters. The van der Waals surface area contributed by atoms with E-state index in [2.05, 4.69) is 10.3 Å². The van der Waals surface area contributed by atoms with Crippen LogP contribution in [0.25, 0.3) is 0 Å². The zero-order valence-electron chi connectivity index (χ0n) is 12.5. The predicted octanol–water partition coefficient (Wildman–Crippen LogP) is 2.14. The van der Waals surface area contributed by atoms with E-state index in [9.17, 15) is 9.59 Å². The Morgan fingerprint density at radius 2 is 1.91 bits per heavy atom. The summed E-state index contributed by atoms with van der Waals surface area (Å²) in [5, 5.41) is 2.83. The molecular formula is C17H19N3O2. The lowest BCUT2D eigenvalue weighted by Gasteiger charge is -2.20. The minimum atomic E-state index is -0.0916. The van der Waals surface area contributed by atoms with Gasteiger partial charge in [0.2, 0.25) is 11.8 Å². The zero-order valence-corrected chi connectivity index (χ0v) is 12.5. The third-order valence-electron chi connectivity index (χ3n) is 3.22. The van der Waals surface area contributed by atoms with Crippen LogP contribution in [0.1, 0.15) is 18.9 Å². The minimum Gasteiger partial charge on any atom is -0.352 e. The Bertz CT molecular complexity index is 614. The molecule has 5 heteroatoms. The summed E-state index contributed by atoms with van der Waals surface area (Å²) >= 11 is 0. The van der Waals surface area contributed by atoms with Crippen LogP contribution >= 0.6 is 0 Å². The van der Waals surface area contributed by atoms with Gasteiger partial charge in [-0.25, -0.2) is 0 Å². The van der Waals surface area contributed by atoms with Gasteiger partial charge >= 0.3 is 0 Å². The number of para-hydroxylation sites is 1. The van der Waals surface area contributed by atoms with Crippen LogP contribution in [0.3, 0.4) is 0 Å². The molecule has 0 aliphatic carbocycles. The standard InChI is InChI=1S/C17H19N3O2/c1-14(21)20(16-7-3-2-4-8-16)11-9-17(22)19-13-15-6-5-10-18-12-15/h2-8,10,12H,9,11,13H2,1H3,(H,19,22). The Morgan fingerprint density at radius 3 is 2.55 bits per heavy atom. The second-order valence-electron chi connectivity index (χ2n) is 4.89. The molecule has 0 saturated carbocycles. The van der Waals surface area contributed by atoms with E-state index in [0.29, 0.717) is 13.1 Å². The number of rotatable bonds is 6. The fourth-order valence-corrected chi connectivity index (χ4v) is 2.08.